The third-order valence-electron chi connectivity index (χ3n) is 5.33. The van der Waals surface area contributed by atoms with Crippen LogP contribution in [0.5, 0.6) is 0 Å². The molecule has 3 rings (SSSR count). The summed E-state index contributed by atoms with van der Waals surface area (Å²) in [6.45, 7) is 4.39. The Hall–Kier alpha value is -2.86. The smallest absolute Gasteiger partial charge is 0.254 e. The molecule has 0 bridgehead atoms. The number of hydrogen-bond acceptors (Lipinski definition) is 3. The van der Waals surface area contributed by atoms with Crippen molar-refractivity contribution in [1.82, 2.24) is 9.80 Å². The van der Waals surface area contributed by atoms with Gasteiger partial charge in [-0.25, -0.2) is 0 Å². The minimum Gasteiger partial charge on any atom is -0.345 e. The van der Waals surface area contributed by atoms with Gasteiger partial charge in [-0.05, 0) is 35.2 Å². The summed E-state index contributed by atoms with van der Waals surface area (Å²) < 4.78 is 0. The molecule has 1 aliphatic heterocycles. The second-order valence-corrected chi connectivity index (χ2v) is 8.90. The van der Waals surface area contributed by atoms with E-state index in [1.54, 1.807) is 37.2 Å². The van der Waals surface area contributed by atoms with Gasteiger partial charge in [-0.1, -0.05) is 49.7 Å². The van der Waals surface area contributed by atoms with Crippen LogP contribution < -0.4 is 5.32 Å². The second-order valence-electron chi connectivity index (χ2n) is 8.49. The molecule has 0 aliphatic carbocycles. The quantitative estimate of drug-likeness (QED) is 0.762. The van der Waals surface area contributed by atoms with Gasteiger partial charge in [0.05, 0.1) is 10.6 Å². The lowest BCUT2D eigenvalue weighted by molar-refractivity contribution is -0.140. The maximum atomic E-state index is 13.2. The van der Waals surface area contributed by atoms with Gasteiger partial charge < -0.3 is 15.1 Å². The Morgan fingerprint density at radius 2 is 1.81 bits per heavy atom. The van der Waals surface area contributed by atoms with E-state index in [-0.39, 0.29) is 28.7 Å². The molecule has 0 radical (unpaired) electrons. The molecule has 6 nitrogen and oxygen atoms in total. The van der Waals surface area contributed by atoms with E-state index in [1.807, 2.05) is 38.1 Å². The van der Waals surface area contributed by atoms with Crippen LogP contribution in [-0.2, 0) is 22.6 Å². The van der Waals surface area contributed by atoms with Crippen LogP contribution in [0.3, 0.4) is 0 Å². The number of anilines is 1. The highest BCUT2D eigenvalue weighted by Crippen LogP contribution is 2.27. The number of nitrogens with zero attached hydrogens (tertiary/aromatic N) is 2. The van der Waals surface area contributed by atoms with E-state index < -0.39 is 6.04 Å². The molecule has 0 aromatic heterocycles. The SMILES string of the molecule is CC(C)CC(=O)N1Cc2ccccc2CC1C(=O)Nc1ccc(C(=O)N(C)C)c(Cl)c1. The van der Waals surface area contributed by atoms with E-state index in [0.29, 0.717) is 30.6 Å². The van der Waals surface area contributed by atoms with Crippen LogP contribution in [0.4, 0.5) is 5.69 Å². The summed E-state index contributed by atoms with van der Waals surface area (Å²) in [6, 6.07) is 12.1. The first-order valence-electron chi connectivity index (χ1n) is 10.4. The summed E-state index contributed by atoms with van der Waals surface area (Å²) in [5.41, 5.74) is 2.99. The van der Waals surface area contributed by atoms with Crippen LogP contribution >= 0.6 is 11.6 Å². The largest absolute Gasteiger partial charge is 0.345 e. The van der Waals surface area contributed by atoms with Gasteiger partial charge in [0.2, 0.25) is 11.8 Å². The Labute approximate surface area is 188 Å². The fraction of sp³-hybridized carbons (Fsp3) is 0.375. The minimum atomic E-state index is -0.608. The Morgan fingerprint density at radius 1 is 1.13 bits per heavy atom. The van der Waals surface area contributed by atoms with Crippen molar-refractivity contribution in [2.45, 2.75) is 39.3 Å². The Morgan fingerprint density at radius 3 is 2.42 bits per heavy atom. The first-order valence-corrected chi connectivity index (χ1v) is 10.7. The molecule has 31 heavy (non-hydrogen) atoms. The Balaban J connectivity index is 1.83. The summed E-state index contributed by atoms with van der Waals surface area (Å²) in [4.78, 5) is 41.4. The van der Waals surface area contributed by atoms with Gasteiger partial charge in [0.1, 0.15) is 6.04 Å². The Kier molecular flexibility index (Phi) is 7.01. The highest BCUT2D eigenvalue weighted by molar-refractivity contribution is 6.34. The first-order chi connectivity index (χ1) is 14.7. The van der Waals surface area contributed by atoms with Crippen LogP contribution in [0, 0.1) is 5.92 Å². The third kappa shape index (κ3) is 5.25. The summed E-state index contributed by atoms with van der Waals surface area (Å²) in [6.07, 6.45) is 0.843. The number of halogens is 1. The molecule has 0 saturated carbocycles. The number of carbonyl (C=O) groups is 3. The highest BCUT2D eigenvalue weighted by atomic mass is 35.5. The maximum Gasteiger partial charge on any atom is 0.254 e. The van der Waals surface area contributed by atoms with Gasteiger partial charge in [0, 0.05) is 39.2 Å². The summed E-state index contributed by atoms with van der Waals surface area (Å²) >= 11 is 6.28. The molecule has 1 aliphatic rings. The van der Waals surface area contributed by atoms with Gasteiger partial charge in [0.15, 0.2) is 0 Å². The molecule has 1 N–H and O–H groups in total. The second kappa shape index (κ2) is 9.52. The van der Waals surface area contributed by atoms with E-state index in [1.165, 1.54) is 4.90 Å². The number of carbonyl (C=O) groups excluding carboxylic acids is 3. The van der Waals surface area contributed by atoms with Crippen molar-refractivity contribution in [1.29, 1.82) is 0 Å². The van der Waals surface area contributed by atoms with Gasteiger partial charge in [-0.3, -0.25) is 14.4 Å². The standard InChI is InChI=1S/C24H28ClN3O3/c1-15(2)11-22(29)28-14-17-8-6-5-7-16(17)12-21(28)23(30)26-18-9-10-19(20(25)13-18)24(31)27(3)4/h5-10,13,15,21H,11-12,14H2,1-4H3,(H,26,30). The number of rotatable bonds is 5. The monoisotopic (exact) mass is 441 g/mol. The average Bonchev–Trinajstić information content (AvgIpc) is 2.71. The number of fused-ring (bicyclic) bond motifs is 1. The van der Waals surface area contributed by atoms with Crippen molar-refractivity contribution in [2.24, 2.45) is 5.92 Å². The molecule has 164 valence electrons. The van der Waals surface area contributed by atoms with Crippen LogP contribution in [0.1, 0.15) is 41.8 Å². The molecule has 3 amide bonds. The Bertz CT molecular complexity index is 1000. The maximum absolute atomic E-state index is 13.2. The zero-order valence-corrected chi connectivity index (χ0v) is 19.1. The lowest BCUT2D eigenvalue weighted by atomic mass is 9.92. The van der Waals surface area contributed by atoms with Crippen molar-refractivity contribution in [3.05, 3.63) is 64.2 Å². The van der Waals surface area contributed by atoms with E-state index in [0.717, 1.165) is 11.1 Å². The van der Waals surface area contributed by atoms with Gasteiger partial charge in [-0.2, -0.15) is 0 Å². The minimum absolute atomic E-state index is 0.0328. The van der Waals surface area contributed by atoms with Crippen molar-refractivity contribution in [2.75, 3.05) is 19.4 Å². The molecule has 2 aromatic carbocycles. The van der Waals surface area contributed by atoms with Crippen molar-refractivity contribution >= 4 is 35.0 Å². The summed E-state index contributed by atoms with van der Waals surface area (Å²) in [5.74, 6) is -0.310. The van der Waals surface area contributed by atoms with E-state index in [2.05, 4.69) is 5.32 Å². The van der Waals surface area contributed by atoms with E-state index in [9.17, 15) is 14.4 Å². The lowest BCUT2D eigenvalue weighted by Crippen LogP contribution is -2.50. The molecule has 1 atom stereocenters. The van der Waals surface area contributed by atoms with Crippen molar-refractivity contribution < 1.29 is 14.4 Å². The number of benzene rings is 2. The van der Waals surface area contributed by atoms with E-state index in [4.69, 9.17) is 11.6 Å². The molecule has 0 fully saturated rings. The molecule has 2 aromatic rings. The van der Waals surface area contributed by atoms with Gasteiger partial charge in [0.25, 0.3) is 5.91 Å². The van der Waals surface area contributed by atoms with E-state index >= 15 is 0 Å². The summed E-state index contributed by atoms with van der Waals surface area (Å²) in [5, 5.41) is 3.14. The first kappa shape index (κ1) is 22.8. The highest BCUT2D eigenvalue weighted by Gasteiger charge is 2.34. The topological polar surface area (TPSA) is 69.7 Å². The predicted octanol–water partition coefficient (Wildman–Crippen LogP) is 3.98. The zero-order chi connectivity index (χ0) is 22.7. The van der Waals surface area contributed by atoms with Gasteiger partial charge in [-0.15, -0.1) is 0 Å². The molecule has 0 saturated heterocycles. The fourth-order valence-corrected chi connectivity index (χ4v) is 3.98. The molecule has 1 heterocycles. The van der Waals surface area contributed by atoms with Crippen molar-refractivity contribution in [3.63, 3.8) is 0 Å². The zero-order valence-electron chi connectivity index (χ0n) is 18.3. The van der Waals surface area contributed by atoms with Crippen LogP contribution in [0.2, 0.25) is 5.02 Å². The molecule has 1 unspecified atom stereocenters. The fourth-order valence-electron chi connectivity index (χ4n) is 3.72. The lowest BCUT2D eigenvalue weighted by Gasteiger charge is -2.36. The molecule has 0 spiro atoms. The third-order valence-corrected chi connectivity index (χ3v) is 5.64. The number of amides is 3. The summed E-state index contributed by atoms with van der Waals surface area (Å²) in [7, 11) is 3.30. The van der Waals surface area contributed by atoms with Crippen LogP contribution in [0.15, 0.2) is 42.5 Å². The normalized spacial score (nSPS) is 15.4. The molecular formula is C24H28ClN3O3. The molecular weight excluding hydrogens is 414 g/mol. The van der Waals surface area contributed by atoms with Crippen LogP contribution in [0.25, 0.3) is 0 Å². The van der Waals surface area contributed by atoms with Gasteiger partial charge >= 0.3 is 0 Å². The van der Waals surface area contributed by atoms with Crippen molar-refractivity contribution in [3.8, 4) is 0 Å². The molecule has 7 heteroatoms. The number of hydrogen-bond donors (Lipinski definition) is 1. The van der Waals surface area contributed by atoms with Crippen LogP contribution in [-0.4, -0.2) is 47.7 Å². The number of nitrogens with one attached hydrogen (secondary N) is 1. The average molecular weight is 442 g/mol. The predicted molar refractivity (Wildman–Crippen MR) is 122 cm³/mol.